The molecule has 3 rings (SSSR count). The molecular weight excluding hydrogens is 319 g/mol. The number of fused-ring (bicyclic) bond motifs is 1. The van der Waals surface area contributed by atoms with E-state index >= 15 is 0 Å². The zero-order chi connectivity index (χ0) is 17.3. The van der Waals surface area contributed by atoms with Crippen LogP contribution in [0.2, 0.25) is 0 Å². The summed E-state index contributed by atoms with van der Waals surface area (Å²) in [6.07, 6.45) is -0.0887. The van der Waals surface area contributed by atoms with Crippen LogP contribution in [-0.2, 0) is 6.54 Å². The van der Waals surface area contributed by atoms with Gasteiger partial charge in [-0.1, -0.05) is 6.07 Å². The fourth-order valence-corrected chi connectivity index (χ4v) is 2.36. The molecule has 0 fully saturated rings. The summed E-state index contributed by atoms with van der Waals surface area (Å²) in [5, 5.41) is 24.5. The molecule has 0 saturated heterocycles. The van der Waals surface area contributed by atoms with Gasteiger partial charge in [0, 0.05) is 5.56 Å². The number of amides is 1. The van der Waals surface area contributed by atoms with Crippen LogP contribution in [-0.4, -0.2) is 42.7 Å². The highest BCUT2D eigenvalue weighted by atomic mass is 19.1. The lowest BCUT2D eigenvalue weighted by atomic mass is 10.1. The largest absolute Gasteiger partial charge is 0.465 e. The second kappa shape index (κ2) is 6.08. The summed E-state index contributed by atoms with van der Waals surface area (Å²) >= 11 is 0. The quantitative estimate of drug-likeness (QED) is 0.564. The van der Waals surface area contributed by atoms with Gasteiger partial charge in [-0.25, -0.2) is 23.8 Å². The summed E-state index contributed by atoms with van der Waals surface area (Å²) in [6.45, 7) is 0.0318. The lowest BCUT2D eigenvalue weighted by molar-refractivity contribution is 0.209. The molecule has 0 spiro atoms. The fraction of sp³-hybridized carbons (Fsp3) is 0.143. The number of nitrogens with two attached hydrogens (primary N) is 1. The first-order valence-corrected chi connectivity index (χ1v) is 6.89. The van der Waals surface area contributed by atoms with Crippen molar-refractivity contribution in [1.82, 2.24) is 19.7 Å². The van der Waals surface area contributed by atoms with Crippen LogP contribution in [0.4, 0.5) is 20.7 Å². The number of aliphatic hydroxyl groups excluding tert-OH is 1. The predicted octanol–water partition coefficient (Wildman–Crippen LogP) is 1.30. The van der Waals surface area contributed by atoms with Gasteiger partial charge in [-0.05, 0) is 12.1 Å². The summed E-state index contributed by atoms with van der Waals surface area (Å²) < 4.78 is 15.5. The van der Waals surface area contributed by atoms with Crippen molar-refractivity contribution < 1.29 is 19.4 Å². The second-order valence-corrected chi connectivity index (χ2v) is 4.88. The maximum atomic E-state index is 14.1. The lowest BCUT2D eigenvalue weighted by Gasteiger charge is -2.05. The Balaban J connectivity index is 2.16. The van der Waals surface area contributed by atoms with Crippen LogP contribution in [0.1, 0.15) is 0 Å². The van der Waals surface area contributed by atoms with Gasteiger partial charge in [0.1, 0.15) is 23.7 Å². The van der Waals surface area contributed by atoms with E-state index in [1.807, 2.05) is 5.32 Å². The molecule has 2 heterocycles. The Kier molecular flexibility index (Phi) is 3.96. The number of benzene rings is 1. The number of carbonyl (C=O) groups is 1. The Morgan fingerprint density at radius 1 is 1.38 bits per heavy atom. The Morgan fingerprint density at radius 3 is 2.83 bits per heavy atom. The summed E-state index contributed by atoms with van der Waals surface area (Å²) in [4.78, 5) is 18.6. The molecular formula is C14H13FN6O3. The zero-order valence-corrected chi connectivity index (χ0v) is 12.3. The average molecular weight is 332 g/mol. The number of carboxylic acid groups (broad SMARTS) is 1. The lowest BCUT2D eigenvalue weighted by Crippen LogP contribution is -2.08. The third-order valence-corrected chi connectivity index (χ3v) is 3.35. The van der Waals surface area contributed by atoms with Crippen molar-refractivity contribution in [3.63, 3.8) is 0 Å². The smallest absolute Gasteiger partial charge is 0.409 e. The molecule has 2 aromatic heterocycles. The number of rotatable bonds is 4. The minimum Gasteiger partial charge on any atom is -0.465 e. The standard InChI is InChI=1S/C14H13FN6O3/c15-8-5-7(1-2-9(8)19-14(23)24)11-10-12(16)17-6-18-13(10)21(20-11)3-4-22/h1-2,5-6,19,22H,3-4H2,(H,23,24)(H2,16,17,18). The molecule has 0 atom stereocenters. The number of nitrogen functional groups attached to an aromatic ring is 1. The van der Waals surface area contributed by atoms with E-state index in [-0.39, 0.29) is 24.7 Å². The molecule has 0 saturated carbocycles. The number of hydrogen-bond acceptors (Lipinski definition) is 6. The highest BCUT2D eigenvalue weighted by Crippen LogP contribution is 2.31. The molecule has 0 bridgehead atoms. The summed E-state index contributed by atoms with van der Waals surface area (Å²) in [6, 6.07) is 3.93. The van der Waals surface area contributed by atoms with Crippen molar-refractivity contribution in [1.29, 1.82) is 0 Å². The van der Waals surface area contributed by atoms with Crippen LogP contribution in [0.15, 0.2) is 24.5 Å². The molecule has 24 heavy (non-hydrogen) atoms. The first kappa shape index (κ1) is 15.6. The van der Waals surface area contributed by atoms with E-state index in [1.165, 1.54) is 23.1 Å². The maximum absolute atomic E-state index is 14.1. The van der Waals surface area contributed by atoms with E-state index in [1.54, 1.807) is 0 Å². The Morgan fingerprint density at radius 2 is 2.17 bits per heavy atom. The molecule has 0 aliphatic carbocycles. The Hall–Kier alpha value is -3.27. The first-order chi connectivity index (χ1) is 11.5. The molecule has 10 heteroatoms. The number of anilines is 2. The van der Waals surface area contributed by atoms with Gasteiger partial charge in [0.25, 0.3) is 0 Å². The summed E-state index contributed by atoms with van der Waals surface area (Å²) in [7, 11) is 0. The van der Waals surface area contributed by atoms with Crippen molar-refractivity contribution in [3.8, 4) is 11.3 Å². The normalized spacial score (nSPS) is 10.9. The van der Waals surface area contributed by atoms with Crippen LogP contribution in [0.25, 0.3) is 22.3 Å². The third-order valence-electron chi connectivity index (χ3n) is 3.35. The van der Waals surface area contributed by atoms with Gasteiger partial charge in [-0.15, -0.1) is 0 Å². The summed E-state index contributed by atoms with van der Waals surface area (Å²) in [5.74, 6) is -0.581. The third kappa shape index (κ3) is 2.70. The Bertz CT molecular complexity index is 926. The molecule has 5 N–H and O–H groups in total. The van der Waals surface area contributed by atoms with Crippen LogP contribution in [0.5, 0.6) is 0 Å². The minimum atomic E-state index is -1.36. The minimum absolute atomic E-state index is 0.157. The molecule has 124 valence electrons. The van der Waals surface area contributed by atoms with Gasteiger partial charge in [-0.2, -0.15) is 5.10 Å². The predicted molar refractivity (Wildman–Crippen MR) is 83.9 cm³/mol. The van der Waals surface area contributed by atoms with Crippen LogP contribution < -0.4 is 11.1 Å². The zero-order valence-electron chi connectivity index (χ0n) is 12.3. The van der Waals surface area contributed by atoms with E-state index < -0.39 is 11.9 Å². The molecule has 1 amide bonds. The van der Waals surface area contributed by atoms with Crippen molar-refractivity contribution in [3.05, 3.63) is 30.3 Å². The number of hydrogen-bond donors (Lipinski definition) is 4. The molecule has 0 unspecified atom stereocenters. The van der Waals surface area contributed by atoms with Gasteiger partial charge >= 0.3 is 6.09 Å². The average Bonchev–Trinajstić information content (AvgIpc) is 2.90. The van der Waals surface area contributed by atoms with Gasteiger partial charge in [0.05, 0.1) is 24.2 Å². The van der Waals surface area contributed by atoms with E-state index in [4.69, 9.17) is 15.9 Å². The fourth-order valence-electron chi connectivity index (χ4n) is 2.36. The van der Waals surface area contributed by atoms with E-state index in [2.05, 4.69) is 15.1 Å². The number of aliphatic hydroxyl groups is 1. The van der Waals surface area contributed by atoms with Gasteiger partial charge in [-0.3, -0.25) is 5.32 Å². The molecule has 0 aliphatic rings. The Labute approximate surface area is 134 Å². The molecule has 3 aromatic rings. The van der Waals surface area contributed by atoms with Crippen LogP contribution in [0, 0.1) is 5.82 Å². The maximum Gasteiger partial charge on any atom is 0.409 e. The number of nitrogens with one attached hydrogen (secondary N) is 1. The molecule has 9 nitrogen and oxygen atoms in total. The van der Waals surface area contributed by atoms with Crippen LogP contribution in [0.3, 0.4) is 0 Å². The second-order valence-electron chi connectivity index (χ2n) is 4.88. The number of aromatic nitrogens is 4. The molecule has 0 radical (unpaired) electrons. The molecule has 0 aliphatic heterocycles. The molecule has 1 aromatic carbocycles. The highest BCUT2D eigenvalue weighted by molar-refractivity contribution is 5.98. The van der Waals surface area contributed by atoms with E-state index in [0.717, 1.165) is 6.07 Å². The van der Waals surface area contributed by atoms with Crippen LogP contribution >= 0.6 is 0 Å². The van der Waals surface area contributed by atoms with Crippen molar-refractivity contribution in [2.24, 2.45) is 0 Å². The van der Waals surface area contributed by atoms with E-state index in [0.29, 0.717) is 22.3 Å². The van der Waals surface area contributed by atoms with Gasteiger partial charge in [0.15, 0.2) is 5.65 Å². The SMILES string of the molecule is Nc1ncnc2c1c(-c1ccc(NC(=O)O)c(F)c1)nn2CCO. The highest BCUT2D eigenvalue weighted by Gasteiger charge is 2.18. The van der Waals surface area contributed by atoms with Gasteiger partial charge in [0.2, 0.25) is 0 Å². The van der Waals surface area contributed by atoms with Gasteiger partial charge < -0.3 is 15.9 Å². The number of halogens is 1. The van der Waals surface area contributed by atoms with Crippen molar-refractivity contribution in [2.75, 3.05) is 17.7 Å². The summed E-state index contributed by atoms with van der Waals surface area (Å²) in [5.41, 5.74) is 6.86. The first-order valence-electron chi connectivity index (χ1n) is 6.89. The number of nitrogens with zero attached hydrogens (tertiary/aromatic N) is 4. The van der Waals surface area contributed by atoms with Crippen molar-refractivity contribution in [2.45, 2.75) is 6.54 Å². The topological polar surface area (TPSA) is 139 Å². The van der Waals surface area contributed by atoms with Crippen molar-refractivity contribution >= 4 is 28.6 Å². The van der Waals surface area contributed by atoms with E-state index in [9.17, 15) is 9.18 Å². The monoisotopic (exact) mass is 332 g/mol.